The molecule has 2 nitrogen and oxygen atoms in total. The molecule has 1 fully saturated rings. The number of nitrogens with one attached hydrogen (secondary N) is 1. The van der Waals surface area contributed by atoms with Crippen LogP contribution in [-0.2, 0) is 17.8 Å². The van der Waals surface area contributed by atoms with Crippen molar-refractivity contribution in [1.82, 2.24) is 5.32 Å². The van der Waals surface area contributed by atoms with Gasteiger partial charge in [-0.05, 0) is 50.3 Å². The Morgan fingerprint density at radius 2 is 1.89 bits per heavy atom. The third kappa shape index (κ3) is 4.79. The van der Waals surface area contributed by atoms with Crippen LogP contribution < -0.4 is 5.32 Å². The summed E-state index contributed by atoms with van der Waals surface area (Å²) in [4.78, 5) is 0. The molecule has 18 heavy (non-hydrogen) atoms. The second-order valence-electron chi connectivity index (χ2n) is 5.32. The normalized spacial score (nSPS) is 16.8. The van der Waals surface area contributed by atoms with E-state index in [1.165, 1.54) is 24.0 Å². The summed E-state index contributed by atoms with van der Waals surface area (Å²) in [6.45, 7) is 6.11. The molecule has 1 aromatic rings. The summed E-state index contributed by atoms with van der Waals surface area (Å²) in [5, 5.41) is 3.54. The van der Waals surface area contributed by atoms with Crippen molar-refractivity contribution < 1.29 is 4.74 Å². The van der Waals surface area contributed by atoms with Crippen molar-refractivity contribution in [2.24, 2.45) is 0 Å². The van der Waals surface area contributed by atoms with E-state index in [2.05, 4.69) is 43.4 Å². The van der Waals surface area contributed by atoms with E-state index in [9.17, 15) is 0 Å². The van der Waals surface area contributed by atoms with Gasteiger partial charge in [-0.25, -0.2) is 0 Å². The van der Waals surface area contributed by atoms with Crippen LogP contribution in [-0.4, -0.2) is 18.7 Å². The molecule has 0 aromatic heterocycles. The van der Waals surface area contributed by atoms with Gasteiger partial charge < -0.3 is 10.1 Å². The number of benzene rings is 1. The second-order valence-corrected chi connectivity index (χ2v) is 5.32. The molecule has 0 heterocycles. The fourth-order valence-corrected chi connectivity index (χ4v) is 1.87. The largest absolute Gasteiger partial charge is 0.374 e. The van der Waals surface area contributed by atoms with Gasteiger partial charge in [-0.3, -0.25) is 0 Å². The number of hydrogen-bond donors (Lipinski definition) is 1. The molecular formula is C16H25NO. The molecule has 0 saturated heterocycles. The van der Waals surface area contributed by atoms with E-state index in [1.807, 2.05) is 0 Å². The van der Waals surface area contributed by atoms with E-state index in [0.717, 1.165) is 32.0 Å². The minimum Gasteiger partial charge on any atom is -0.374 e. The fraction of sp³-hybridized carbons (Fsp3) is 0.625. The zero-order valence-electron chi connectivity index (χ0n) is 11.6. The van der Waals surface area contributed by atoms with Crippen molar-refractivity contribution in [2.75, 3.05) is 6.54 Å². The number of hydrogen-bond acceptors (Lipinski definition) is 2. The average molecular weight is 247 g/mol. The van der Waals surface area contributed by atoms with Crippen LogP contribution in [0.25, 0.3) is 0 Å². The Morgan fingerprint density at radius 3 is 2.50 bits per heavy atom. The molecule has 2 rings (SSSR count). The van der Waals surface area contributed by atoms with Gasteiger partial charge in [-0.2, -0.15) is 0 Å². The van der Waals surface area contributed by atoms with Crippen molar-refractivity contribution >= 4 is 0 Å². The Hall–Kier alpha value is -0.860. The van der Waals surface area contributed by atoms with Crippen LogP contribution >= 0.6 is 0 Å². The summed E-state index contributed by atoms with van der Waals surface area (Å²) < 4.78 is 5.73. The molecule has 1 aromatic carbocycles. The van der Waals surface area contributed by atoms with Crippen molar-refractivity contribution in [2.45, 2.75) is 58.3 Å². The maximum atomic E-state index is 5.73. The summed E-state index contributed by atoms with van der Waals surface area (Å²) in [6, 6.07) is 9.64. The highest BCUT2D eigenvalue weighted by Gasteiger charge is 2.19. The van der Waals surface area contributed by atoms with E-state index in [0.29, 0.717) is 6.10 Å². The van der Waals surface area contributed by atoms with E-state index >= 15 is 0 Å². The van der Waals surface area contributed by atoms with E-state index in [1.54, 1.807) is 0 Å². The van der Waals surface area contributed by atoms with Gasteiger partial charge in [-0.15, -0.1) is 0 Å². The molecule has 100 valence electrons. The van der Waals surface area contributed by atoms with Crippen LogP contribution in [0.3, 0.4) is 0 Å². The third-order valence-electron chi connectivity index (χ3n) is 3.56. The van der Waals surface area contributed by atoms with Crippen LogP contribution in [0.4, 0.5) is 0 Å². The lowest BCUT2D eigenvalue weighted by Gasteiger charge is -2.11. The lowest BCUT2D eigenvalue weighted by molar-refractivity contribution is 0.0508. The van der Waals surface area contributed by atoms with Crippen LogP contribution in [0, 0.1) is 0 Å². The van der Waals surface area contributed by atoms with Crippen LogP contribution in [0.5, 0.6) is 0 Å². The molecule has 0 radical (unpaired) electrons. The molecule has 1 aliphatic carbocycles. The van der Waals surface area contributed by atoms with Gasteiger partial charge in [0.15, 0.2) is 0 Å². The SMILES string of the molecule is CCC(C)OCc1ccc(CCNC2CC2)cc1. The van der Waals surface area contributed by atoms with Gasteiger partial charge in [0.05, 0.1) is 12.7 Å². The first-order chi connectivity index (χ1) is 8.78. The highest BCUT2D eigenvalue weighted by atomic mass is 16.5. The predicted molar refractivity (Wildman–Crippen MR) is 75.7 cm³/mol. The Kier molecular flexibility index (Phi) is 5.21. The molecule has 0 spiro atoms. The van der Waals surface area contributed by atoms with Gasteiger partial charge in [0, 0.05) is 6.04 Å². The molecular weight excluding hydrogens is 222 g/mol. The first-order valence-electron chi connectivity index (χ1n) is 7.20. The molecule has 1 saturated carbocycles. The van der Waals surface area contributed by atoms with E-state index in [4.69, 9.17) is 4.74 Å². The van der Waals surface area contributed by atoms with Crippen molar-refractivity contribution in [1.29, 1.82) is 0 Å². The Labute approximate surface area is 111 Å². The maximum Gasteiger partial charge on any atom is 0.0720 e. The van der Waals surface area contributed by atoms with Crippen LogP contribution in [0.1, 0.15) is 44.2 Å². The highest BCUT2D eigenvalue weighted by molar-refractivity contribution is 5.22. The van der Waals surface area contributed by atoms with Gasteiger partial charge >= 0.3 is 0 Å². The molecule has 0 bridgehead atoms. The monoisotopic (exact) mass is 247 g/mol. The number of rotatable bonds is 8. The summed E-state index contributed by atoms with van der Waals surface area (Å²) >= 11 is 0. The molecule has 1 N–H and O–H groups in total. The van der Waals surface area contributed by atoms with Gasteiger partial charge in [0.1, 0.15) is 0 Å². The van der Waals surface area contributed by atoms with Gasteiger partial charge in [0.25, 0.3) is 0 Å². The van der Waals surface area contributed by atoms with Crippen molar-refractivity contribution in [3.8, 4) is 0 Å². The Morgan fingerprint density at radius 1 is 1.22 bits per heavy atom. The van der Waals surface area contributed by atoms with Crippen molar-refractivity contribution in [3.63, 3.8) is 0 Å². The molecule has 1 unspecified atom stereocenters. The summed E-state index contributed by atoms with van der Waals surface area (Å²) in [5.74, 6) is 0. The number of ether oxygens (including phenoxy) is 1. The van der Waals surface area contributed by atoms with Crippen LogP contribution in [0.2, 0.25) is 0 Å². The fourth-order valence-electron chi connectivity index (χ4n) is 1.87. The van der Waals surface area contributed by atoms with E-state index < -0.39 is 0 Å². The summed E-state index contributed by atoms with van der Waals surface area (Å²) in [6.07, 6.45) is 5.29. The molecule has 1 aliphatic rings. The second kappa shape index (κ2) is 6.91. The van der Waals surface area contributed by atoms with Crippen LogP contribution in [0.15, 0.2) is 24.3 Å². The summed E-state index contributed by atoms with van der Waals surface area (Å²) in [7, 11) is 0. The Balaban J connectivity index is 1.70. The highest BCUT2D eigenvalue weighted by Crippen LogP contribution is 2.18. The van der Waals surface area contributed by atoms with Gasteiger partial charge in [-0.1, -0.05) is 31.2 Å². The molecule has 0 amide bonds. The lowest BCUT2D eigenvalue weighted by atomic mass is 10.1. The lowest BCUT2D eigenvalue weighted by Crippen LogP contribution is -2.19. The first kappa shape index (κ1) is 13.6. The smallest absolute Gasteiger partial charge is 0.0720 e. The Bertz CT molecular complexity index is 343. The third-order valence-corrected chi connectivity index (χ3v) is 3.56. The zero-order valence-corrected chi connectivity index (χ0v) is 11.6. The van der Waals surface area contributed by atoms with Gasteiger partial charge in [0.2, 0.25) is 0 Å². The van der Waals surface area contributed by atoms with E-state index in [-0.39, 0.29) is 0 Å². The molecule has 2 heteroatoms. The zero-order chi connectivity index (χ0) is 12.8. The predicted octanol–water partition coefficient (Wildman–Crippen LogP) is 3.30. The maximum absolute atomic E-state index is 5.73. The minimum absolute atomic E-state index is 0.354. The standard InChI is InChI=1S/C16H25NO/c1-3-13(2)18-12-15-6-4-14(5-7-15)10-11-17-16-8-9-16/h4-7,13,16-17H,3,8-12H2,1-2H3. The minimum atomic E-state index is 0.354. The van der Waals surface area contributed by atoms with Crippen molar-refractivity contribution in [3.05, 3.63) is 35.4 Å². The summed E-state index contributed by atoms with van der Waals surface area (Å²) in [5.41, 5.74) is 2.68. The topological polar surface area (TPSA) is 21.3 Å². The molecule has 1 atom stereocenters. The quantitative estimate of drug-likeness (QED) is 0.761. The first-order valence-corrected chi connectivity index (χ1v) is 7.20. The molecule has 0 aliphatic heterocycles. The average Bonchev–Trinajstić information content (AvgIpc) is 3.21.